The van der Waals surface area contributed by atoms with Gasteiger partial charge in [0.25, 0.3) is 5.89 Å². The molecule has 2 fully saturated rings. The van der Waals surface area contributed by atoms with Gasteiger partial charge in [0, 0.05) is 43.6 Å². The van der Waals surface area contributed by atoms with E-state index in [9.17, 15) is 0 Å². The van der Waals surface area contributed by atoms with E-state index in [2.05, 4.69) is 42.1 Å². The fourth-order valence-corrected chi connectivity index (χ4v) is 4.98. The molecule has 0 aromatic carbocycles. The number of likely N-dealkylation sites (tertiary alicyclic amines) is 1. The van der Waals surface area contributed by atoms with Crippen LogP contribution in [-0.2, 0) is 0 Å². The van der Waals surface area contributed by atoms with Gasteiger partial charge in [-0.25, -0.2) is 19.9 Å². The van der Waals surface area contributed by atoms with Crippen LogP contribution in [0.1, 0.15) is 6.42 Å². The quantitative estimate of drug-likeness (QED) is 0.549. The van der Waals surface area contributed by atoms with Crippen molar-refractivity contribution in [3.63, 3.8) is 0 Å². The third-order valence-electron chi connectivity index (χ3n) is 5.56. The molecule has 1 N–H and O–H groups in total. The van der Waals surface area contributed by atoms with E-state index in [1.54, 1.807) is 24.9 Å². The summed E-state index contributed by atoms with van der Waals surface area (Å²) in [5, 5.41) is 4.02. The van der Waals surface area contributed by atoms with Crippen LogP contribution in [0, 0.1) is 0 Å². The lowest BCUT2D eigenvalue weighted by Crippen LogP contribution is -2.45. The Morgan fingerprint density at radius 3 is 2.86 bits per heavy atom. The molecule has 0 radical (unpaired) electrons. The zero-order valence-electron chi connectivity index (χ0n) is 15.7. The summed E-state index contributed by atoms with van der Waals surface area (Å²) >= 11 is 1.50. The lowest BCUT2D eigenvalue weighted by molar-refractivity contribution is 0.291. The van der Waals surface area contributed by atoms with E-state index in [0.717, 1.165) is 40.1 Å². The number of oxazole rings is 1. The second-order valence-electron chi connectivity index (χ2n) is 7.40. The molecule has 2 aliphatic heterocycles. The molecule has 0 unspecified atom stereocenters. The molecule has 29 heavy (non-hydrogen) atoms. The fourth-order valence-electron chi connectivity index (χ4n) is 4.12. The van der Waals surface area contributed by atoms with Gasteiger partial charge in [0.1, 0.15) is 17.9 Å². The molecule has 2 saturated heterocycles. The number of thiazole rings is 1. The van der Waals surface area contributed by atoms with Crippen molar-refractivity contribution < 1.29 is 4.42 Å². The van der Waals surface area contributed by atoms with Gasteiger partial charge in [0.15, 0.2) is 5.01 Å². The SMILES string of the molecule is CN1C[C@@H]2C[C@H]1CN2c1nccc(Nc2cc3nc(-c4ncco4)sc3cn2)n1. The Morgan fingerprint density at radius 1 is 1.10 bits per heavy atom. The maximum Gasteiger partial charge on any atom is 0.255 e. The maximum atomic E-state index is 5.34. The average Bonchev–Trinajstić information content (AvgIpc) is 3.50. The van der Waals surface area contributed by atoms with Gasteiger partial charge in [-0.2, -0.15) is 4.98 Å². The first kappa shape index (κ1) is 16.8. The number of rotatable bonds is 4. The zero-order valence-corrected chi connectivity index (χ0v) is 16.5. The Morgan fingerprint density at radius 2 is 2.07 bits per heavy atom. The van der Waals surface area contributed by atoms with E-state index in [-0.39, 0.29) is 0 Å². The zero-order chi connectivity index (χ0) is 19.4. The van der Waals surface area contributed by atoms with Crippen LogP contribution in [0.3, 0.4) is 0 Å². The van der Waals surface area contributed by atoms with E-state index in [1.807, 2.05) is 12.1 Å². The molecule has 4 aromatic heterocycles. The van der Waals surface area contributed by atoms with Gasteiger partial charge < -0.3 is 14.6 Å². The van der Waals surface area contributed by atoms with Crippen molar-refractivity contribution in [2.24, 2.45) is 0 Å². The number of piperazine rings is 1. The third-order valence-corrected chi connectivity index (χ3v) is 6.55. The Bertz CT molecular complexity index is 1170. The molecule has 2 atom stereocenters. The lowest BCUT2D eigenvalue weighted by atomic mass is 10.2. The van der Waals surface area contributed by atoms with Gasteiger partial charge in [-0.15, -0.1) is 11.3 Å². The third kappa shape index (κ3) is 2.91. The number of aromatic nitrogens is 5. The van der Waals surface area contributed by atoms with Crippen molar-refractivity contribution in [2.45, 2.75) is 18.5 Å². The molecule has 4 aromatic rings. The van der Waals surface area contributed by atoms with Crippen molar-refractivity contribution >= 4 is 39.1 Å². The Balaban J connectivity index is 1.25. The van der Waals surface area contributed by atoms with E-state index in [1.165, 1.54) is 17.8 Å². The van der Waals surface area contributed by atoms with E-state index >= 15 is 0 Å². The van der Waals surface area contributed by atoms with E-state index < -0.39 is 0 Å². The van der Waals surface area contributed by atoms with Gasteiger partial charge in [-0.3, -0.25) is 4.90 Å². The summed E-state index contributed by atoms with van der Waals surface area (Å²) in [4.78, 5) is 27.2. The molecule has 0 aliphatic carbocycles. The van der Waals surface area contributed by atoms with E-state index in [0.29, 0.717) is 23.8 Å². The van der Waals surface area contributed by atoms with Crippen molar-refractivity contribution in [3.8, 4) is 10.9 Å². The molecule has 10 heteroatoms. The number of anilines is 3. The van der Waals surface area contributed by atoms with Crippen molar-refractivity contribution in [2.75, 3.05) is 30.4 Å². The van der Waals surface area contributed by atoms with Crippen LogP contribution in [0.25, 0.3) is 21.1 Å². The van der Waals surface area contributed by atoms with Gasteiger partial charge in [-0.05, 0) is 19.5 Å². The predicted molar refractivity (Wildman–Crippen MR) is 110 cm³/mol. The summed E-state index contributed by atoms with van der Waals surface area (Å²) in [6.45, 7) is 2.05. The van der Waals surface area contributed by atoms with E-state index in [4.69, 9.17) is 9.40 Å². The number of nitrogens with zero attached hydrogens (tertiary/aromatic N) is 7. The molecule has 146 valence electrons. The van der Waals surface area contributed by atoms with Crippen LogP contribution in [-0.4, -0.2) is 62.0 Å². The minimum atomic E-state index is 0.498. The fraction of sp³-hybridized carbons (Fsp3) is 0.316. The summed E-state index contributed by atoms with van der Waals surface area (Å²) in [5.41, 5.74) is 0.842. The van der Waals surface area contributed by atoms with Crippen molar-refractivity contribution in [3.05, 3.63) is 37.0 Å². The molecular formula is C19H18N8OS. The van der Waals surface area contributed by atoms with Crippen LogP contribution < -0.4 is 10.2 Å². The number of hydrogen-bond donors (Lipinski definition) is 1. The molecule has 0 amide bonds. The first-order chi connectivity index (χ1) is 14.2. The number of pyridine rings is 1. The number of nitrogens with one attached hydrogen (secondary N) is 1. The molecule has 0 spiro atoms. The predicted octanol–water partition coefficient (Wildman–Crippen LogP) is 2.77. The highest BCUT2D eigenvalue weighted by atomic mass is 32.1. The summed E-state index contributed by atoms with van der Waals surface area (Å²) in [6.07, 6.45) is 7.95. The Hall–Kier alpha value is -3.11. The summed E-state index contributed by atoms with van der Waals surface area (Å²) in [5.74, 6) is 2.71. The highest BCUT2D eigenvalue weighted by Crippen LogP contribution is 2.33. The normalized spacial score (nSPS) is 21.3. The first-order valence-electron chi connectivity index (χ1n) is 9.46. The number of fused-ring (bicyclic) bond motifs is 3. The first-order valence-corrected chi connectivity index (χ1v) is 10.3. The monoisotopic (exact) mass is 406 g/mol. The van der Waals surface area contributed by atoms with Crippen molar-refractivity contribution in [1.29, 1.82) is 0 Å². The van der Waals surface area contributed by atoms with Crippen LogP contribution in [0.4, 0.5) is 17.6 Å². The topological polar surface area (TPSA) is 96.1 Å². The van der Waals surface area contributed by atoms with Gasteiger partial charge in [0.05, 0.1) is 16.4 Å². The minimum Gasteiger partial charge on any atom is -0.443 e. The lowest BCUT2D eigenvalue weighted by Gasteiger charge is -2.31. The summed E-state index contributed by atoms with van der Waals surface area (Å²) in [6, 6.07) is 4.87. The second kappa shape index (κ2) is 6.46. The number of likely N-dealkylation sites (N-methyl/N-ethyl adjacent to an activating group) is 1. The minimum absolute atomic E-state index is 0.498. The largest absolute Gasteiger partial charge is 0.443 e. The Kier molecular flexibility index (Phi) is 3.74. The molecule has 6 heterocycles. The van der Waals surface area contributed by atoms with Crippen LogP contribution >= 0.6 is 11.3 Å². The smallest absolute Gasteiger partial charge is 0.255 e. The molecular weight excluding hydrogens is 388 g/mol. The van der Waals surface area contributed by atoms with Gasteiger partial charge in [-0.1, -0.05) is 0 Å². The molecule has 2 aliphatic rings. The second-order valence-corrected chi connectivity index (χ2v) is 8.43. The molecule has 9 nitrogen and oxygen atoms in total. The maximum absolute atomic E-state index is 5.34. The Labute approximate surface area is 170 Å². The van der Waals surface area contributed by atoms with Crippen LogP contribution in [0.5, 0.6) is 0 Å². The number of hydrogen-bond acceptors (Lipinski definition) is 10. The van der Waals surface area contributed by atoms with Crippen LogP contribution in [0.15, 0.2) is 41.4 Å². The molecule has 6 rings (SSSR count). The highest BCUT2D eigenvalue weighted by Gasteiger charge is 2.42. The van der Waals surface area contributed by atoms with Crippen LogP contribution in [0.2, 0.25) is 0 Å². The van der Waals surface area contributed by atoms with Crippen molar-refractivity contribution in [1.82, 2.24) is 29.8 Å². The average molecular weight is 406 g/mol. The van der Waals surface area contributed by atoms with Gasteiger partial charge >= 0.3 is 0 Å². The van der Waals surface area contributed by atoms with Gasteiger partial charge in [0.2, 0.25) is 5.95 Å². The summed E-state index contributed by atoms with van der Waals surface area (Å²) in [7, 11) is 2.19. The summed E-state index contributed by atoms with van der Waals surface area (Å²) < 4.78 is 6.32. The molecule has 2 bridgehead atoms. The molecule has 0 saturated carbocycles. The highest BCUT2D eigenvalue weighted by molar-refractivity contribution is 7.21. The standard InChI is InChI=1S/C19H18N8OS/c1-26-9-12-6-11(26)10-27(12)19-21-3-2-15(25-19)24-16-7-13-14(8-22-16)29-18(23-13)17-20-4-5-28-17/h2-5,7-8,11-12H,6,9-10H2,1H3,(H,21,22,24,25)/t11-,12-/m0/s1.